The van der Waals surface area contributed by atoms with E-state index in [-0.39, 0.29) is 5.41 Å². The van der Waals surface area contributed by atoms with Gasteiger partial charge in [0, 0.05) is 34.3 Å². The Morgan fingerprint density at radius 2 is 1.28 bits per heavy atom. The molecule has 0 aliphatic heterocycles. The molecule has 0 saturated heterocycles. The second kappa shape index (κ2) is 14.5. The Kier molecular flexibility index (Phi) is 8.76. The largest absolute Gasteiger partial charge is 0.344 e. The van der Waals surface area contributed by atoms with Crippen molar-refractivity contribution in [3.05, 3.63) is 233 Å². The van der Waals surface area contributed by atoms with Crippen LogP contribution < -0.4 is 0 Å². The van der Waals surface area contributed by atoms with Crippen LogP contribution in [0, 0.1) is 6.92 Å². The predicted molar refractivity (Wildman–Crippen MR) is 263 cm³/mol. The number of para-hydroxylation sites is 1. The fourth-order valence-electron chi connectivity index (χ4n) is 10.2. The van der Waals surface area contributed by atoms with Gasteiger partial charge in [-0.05, 0) is 138 Å². The lowest BCUT2D eigenvalue weighted by Gasteiger charge is -2.23. The van der Waals surface area contributed by atoms with E-state index in [1.807, 2.05) is 0 Å². The zero-order valence-corrected chi connectivity index (χ0v) is 35.2. The summed E-state index contributed by atoms with van der Waals surface area (Å²) in [4.78, 5) is 0. The molecule has 0 unspecified atom stereocenters. The number of aromatic nitrogens is 1. The van der Waals surface area contributed by atoms with E-state index in [9.17, 15) is 0 Å². The van der Waals surface area contributed by atoms with Crippen LogP contribution in [0.3, 0.4) is 0 Å². The van der Waals surface area contributed by atoms with Crippen molar-refractivity contribution in [1.29, 1.82) is 0 Å². The number of rotatable bonds is 6. The average Bonchev–Trinajstić information content (AvgIpc) is 3.68. The van der Waals surface area contributed by atoms with Crippen molar-refractivity contribution in [2.45, 2.75) is 32.6 Å². The van der Waals surface area contributed by atoms with Gasteiger partial charge in [0.2, 0.25) is 0 Å². The first-order chi connectivity index (χ1) is 29.8. The second-order valence-corrected chi connectivity index (χ2v) is 17.4. The number of nitrogens with zero attached hydrogens (tertiary/aromatic N) is 1. The van der Waals surface area contributed by atoms with Crippen molar-refractivity contribution in [3.8, 4) is 22.3 Å². The minimum atomic E-state index is -0.196. The number of aryl methyl sites for hydroxylation is 2. The molecule has 11 rings (SSSR count). The molecule has 2 aliphatic rings. The van der Waals surface area contributed by atoms with Crippen LogP contribution in [-0.2, 0) is 18.9 Å². The summed E-state index contributed by atoms with van der Waals surface area (Å²) < 4.78 is 2.34. The normalized spacial score (nSPS) is 15.5. The van der Waals surface area contributed by atoms with Crippen LogP contribution in [-0.4, -0.2) is 4.57 Å². The molecule has 1 heterocycles. The van der Waals surface area contributed by atoms with Gasteiger partial charge < -0.3 is 4.57 Å². The fourth-order valence-corrected chi connectivity index (χ4v) is 10.2. The van der Waals surface area contributed by atoms with Gasteiger partial charge in [0.05, 0.1) is 0 Å². The number of allylic oxidation sites excluding steroid dienone is 9. The Balaban J connectivity index is 1.00. The summed E-state index contributed by atoms with van der Waals surface area (Å²) in [5.41, 5.74) is 19.2. The molecule has 292 valence electrons. The van der Waals surface area contributed by atoms with Gasteiger partial charge in [-0.2, -0.15) is 0 Å². The highest BCUT2D eigenvalue weighted by atomic mass is 14.9. The number of benzene rings is 8. The Labute approximate surface area is 358 Å². The molecule has 0 spiro atoms. The zero-order valence-electron chi connectivity index (χ0n) is 35.2. The van der Waals surface area contributed by atoms with Crippen LogP contribution in [0.15, 0.2) is 194 Å². The lowest BCUT2D eigenvalue weighted by Crippen LogP contribution is -2.15. The van der Waals surface area contributed by atoms with E-state index in [0.29, 0.717) is 0 Å². The van der Waals surface area contributed by atoms with E-state index in [0.717, 1.165) is 6.42 Å². The van der Waals surface area contributed by atoms with E-state index in [1.165, 1.54) is 116 Å². The molecule has 0 bridgehead atoms. The van der Waals surface area contributed by atoms with E-state index in [1.54, 1.807) is 0 Å². The molecule has 0 fully saturated rings. The summed E-state index contributed by atoms with van der Waals surface area (Å²) in [6.45, 7) is 7.06. The summed E-state index contributed by atoms with van der Waals surface area (Å²) >= 11 is 0. The molecule has 0 saturated carbocycles. The van der Waals surface area contributed by atoms with Crippen LogP contribution in [0.4, 0.5) is 0 Å². The van der Waals surface area contributed by atoms with Crippen LogP contribution in [0.1, 0.15) is 52.8 Å². The average molecular weight is 782 g/mol. The van der Waals surface area contributed by atoms with Crippen LogP contribution >= 0.6 is 0 Å². The molecule has 1 heteroatoms. The maximum atomic E-state index is 2.50. The topological polar surface area (TPSA) is 4.93 Å². The summed E-state index contributed by atoms with van der Waals surface area (Å²) in [6, 6.07) is 57.1. The maximum absolute atomic E-state index is 2.50. The van der Waals surface area contributed by atoms with Crippen molar-refractivity contribution in [2.75, 3.05) is 0 Å². The standard InChI is InChI=1S/C60H47N/c1-39-16-10-11-19-48(39)47(33-41-24-30-51-50-21-14-15-23-57(50)61(4)58(51)35-41)32-40-25-31-53-55(34-40)60(2,3)56-38-54(49-20-12-13-22-52(49)59(53)56)45-29-27-43-26-28-44(36-46(43)37-45)42-17-8-6-5-7-9-18-42/h5-32,34-38H,33H2,1-4H3/b6-5+,7-5?,8-6?,9-7-,17-8?,18-9?,42-17?,42-18?,47-32-. The van der Waals surface area contributed by atoms with E-state index in [2.05, 4.69) is 233 Å². The summed E-state index contributed by atoms with van der Waals surface area (Å²) in [6.07, 6.45) is 18.1. The van der Waals surface area contributed by atoms with Gasteiger partial charge in [0.1, 0.15) is 0 Å². The van der Waals surface area contributed by atoms with Gasteiger partial charge in [0.25, 0.3) is 0 Å². The second-order valence-electron chi connectivity index (χ2n) is 17.4. The van der Waals surface area contributed by atoms with Crippen LogP contribution in [0.25, 0.3) is 82.8 Å². The highest BCUT2D eigenvalue weighted by molar-refractivity contribution is 6.10. The van der Waals surface area contributed by atoms with Gasteiger partial charge in [-0.15, -0.1) is 0 Å². The Morgan fingerprint density at radius 3 is 2.15 bits per heavy atom. The maximum Gasteiger partial charge on any atom is 0.0491 e. The summed E-state index contributed by atoms with van der Waals surface area (Å²) in [5.74, 6) is 0. The molecule has 61 heavy (non-hydrogen) atoms. The predicted octanol–water partition coefficient (Wildman–Crippen LogP) is 15.8. The van der Waals surface area contributed by atoms with Crippen molar-refractivity contribution >= 4 is 60.6 Å². The molecule has 9 aromatic rings. The fraction of sp³-hybridized carbons (Fsp3) is 0.100. The van der Waals surface area contributed by atoms with Gasteiger partial charge in [-0.25, -0.2) is 0 Å². The zero-order chi connectivity index (χ0) is 41.2. The van der Waals surface area contributed by atoms with Crippen molar-refractivity contribution in [2.24, 2.45) is 7.05 Å². The van der Waals surface area contributed by atoms with E-state index in [4.69, 9.17) is 0 Å². The quantitative estimate of drug-likeness (QED) is 0.148. The molecule has 0 atom stereocenters. The van der Waals surface area contributed by atoms with Crippen molar-refractivity contribution in [3.63, 3.8) is 0 Å². The molecular formula is C60H47N. The third-order valence-electron chi connectivity index (χ3n) is 13.4. The minimum Gasteiger partial charge on any atom is -0.344 e. The Bertz CT molecular complexity index is 3430. The molecular weight excluding hydrogens is 735 g/mol. The van der Waals surface area contributed by atoms with Gasteiger partial charge in [-0.1, -0.05) is 184 Å². The third-order valence-corrected chi connectivity index (χ3v) is 13.4. The van der Waals surface area contributed by atoms with Gasteiger partial charge in [-0.3, -0.25) is 0 Å². The Hall–Kier alpha value is -7.22. The lowest BCUT2D eigenvalue weighted by atomic mass is 9.80. The summed E-state index contributed by atoms with van der Waals surface area (Å²) in [7, 11) is 2.19. The Morgan fingerprint density at radius 1 is 0.557 bits per heavy atom. The highest BCUT2D eigenvalue weighted by Gasteiger charge is 2.37. The first-order valence-electron chi connectivity index (χ1n) is 21.5. The monoisotopic (exact) mass is 781 g/mol. The van der Waals surface area contributed by atoms with Crippen LogP contribution in [0.5, 0.6) is 0 Å². The smallest absolute Gasteiger partial charge is 0.0491 e. The van der Waals surface area contributed by atoms with E-state index < -0.39 is 0 Å². The lowest BCUT2D eigenvalue weighted by molar-refractivity contribution is 0.661. The van der Waals surface area contributed by atoms with E-state index >= 15 is 0 Å². The van der Waals surface area contributed by atoms with Crippen LogP contribution in [0.2, 0.25) is 0 Å². The number of hydrogen-bond donors (Lipinski definition) is 0. The van der Waals surface area contributed by atoms with Gasteiger partial charge >= 0.3 is 0 Å². The molecule has 0 amide bonds. The molecule has 0 N–H and O–H groups in total. The molecule has 8 aromatic carbocycles. The first kappa shape index (κ1) is 36.8. The van der Waals surface area contributed by atoms with Gasteiger partial charge in [0.15, 0.2) is 0 Å². The van der Waals surface area contributed by atoms with Crippen molar-refractivity contribution in [1.82, 2.24) is 4.57 Å². The first-order valence-corrected chi connectivity index (χ1v) is 21.5. The number of fused-ring (bicyclic) bond motifs is 9. The minimum absolute atomic E-state index is 0.196. The molecule has 2 aliphatic carbocycles. The molecule has 1 aromatic heterocycles. The SMILES string of the molecule is Cc1ccccc1/C(=C\c1ccc2c(c1)C(C)(C)c1cc(-c3ccc4ccc(C5=C/C=C\C=C\C=C5)cc4c3)c3ccccc3c1-2)Cc1ccc2c3ccccc3n(C)c2c1. The molecule has 0 radical (unpaired) electrons. The number of hydrogen-bond acceptors (Lipinski definition) is 0. The third kappa shape index (κ3) is 6.23. The molecule has 1 nitrogen and oxygen atoms in total. The van der Waals surface area contributed by atoms with Crippen molar-refractivity contribution < 1.29 is 0 Å². The summed E-state index contributed by atoms with van der Waals surface area (Å²) in [5, 5.41) is 7.71. The highest BCUT2D eigenvalue weighted by Crippen LogP contribution is 2.53.